The van der Waals surface area contributed by atoms with Crippen molar-refractivity contribution in [3.63, 3.8) is 0 Å². The van der Waals surface area contributed by atoms with Crippen molar-refractivity contribution in [2.75, 3.05) is 19.6 Å². The van der Waals surface area contributed by atoms with E-state index in [4.69, 9.17) is 0 Å². The van der Waals surface area contributed by atoms with Gasteiger partial charge in [-0.3, -0.25) is 0 Å². The number of hydrogen-bond donors (Lipinski definition) is 3. The second kappa shape index (κ2) is 4.31. The molecule has 1 aromatic carbocycles. The van der Waals surface area contributed by atoms with Gasteiger partial charge in [0.05, 0.1) is 0 Å². The van der Waals surface area contributed by atoms with Crippen LogP contribution in [0.1, 0.15) is 24.8 Å². The van der Waals surface area contributed by atoms with Gasteiger partial charge in [-0.05, 0) is 18.9 Å². The monoisotopic (exact) mass is 232 g/mol. The summed E-state index contributed by atoms with van der Waals surface area (Å²) in [5.41, 5.74) is 1.31. The standard InChI is InChI=1S/C14H20N2O/c17-13-5-2-1-4-12(13)14(6-3-7-14)10-16-11-8-15-9-11/h1-2,4-5,11,15-17H,3,6-10H2. The lowest BCUT2D eigenvalue weighted by atomic mass is 9.64. The largest absolute Gasteiger partial charge is 0.508 e. The summed E-state index contributed by atoms with van der Waals surface area (Å²) in [6, 6.07) is 8.43. The fourth-order valence-corrected chi connectivity index (χ4v) is 2.84. The Bertz CT molecular complexity index is 397. The molecule has 0 aromatic heterocycles. The zero-order valence-corrected chi connectivity index (χ0v) is 10.1. The fourth-order valence-electron chi connectivity index (χ4n) is 2.84. The summed E-state index contributed by atoms with van der Waals surface area (Å²) in [5.74, 6) is 0.459. The topological polar surface area (TPSA) is 44.3 Å². The molecule has 2 aliphatic rings. The first-order valence-corrected chi connectivity index (χ1v) is 6.53. The molecule has 0 spiro atoms. The maximum Gasteiger partial charge on any atom is 0.119 e. The van der Waals surface area contributed by atoms with Crippen LogP contribution in [0.2, 0.25) is 0 Å². The Hall–Kier alpha value is -1.06. The first kappa shape index (κ1) is 11.1. The molecule has 3 N–H and O–H groups in total. The van der Waals surface area contributed by atoms with Crippen LogP contribution in [-0.4, -0.2) is 30.8 Å². The Labute approximate surface area is 102 Å². The third-order valence-corrected chi connectivity index (χ3v) is 4.30. The van der Waals surface area contributed by atoms with Crippen LogP contribution in [0.15, 0.2) is 24.3 Å². The first-order chi connectivity index (χ1) is 8.30. The minimum absolute atomic E-state index is 0.181. The Balaban J connectivity index is 1.74. The summed E-state index contributed by atoms with van der Waals surface area (Å²) < 4.78 is 0. The summed E-state index contributed by atoms with van der Waals surface area (Å²) >= 11 is 0. The normalized spacial score (nSPS) is 22.8. The maximum atomic E-state index is 10.0. The second-order valence-electron chi connectivity index (χ2n) is 5.39. The molecule has 0 bridgehead atoms. The van der Waals surface area contributed by atoms with E-state index >= 15 is 0 Å². The molecule has 1 aromatic rings. The Morgan fingerprint density at radius 1 is 1.29 bits per heavy atom. The van der Waals surface area contributed by atoms with Gasteiger partial charge >= 0.3 is 0 Å². The fraction of sp³-hybridized carbons (Fsp3) is 0.571. The van der Waals surface area contributed by atoms with Gasteiger partial charge in [-0.25, -0.2) is 0 Å². The number of nitrogens with one attached hydrogen (secondary N) is 2. The van der Waals surface area contributed by atoms with Gasteiger partial charge in [0, 0.05) is 36.7 Å². The van der Waals surface area contributed by atoms with Gasteiger partial charge in [-0.1, -0.05) is 24.6 Å². The van der Waals surface area contributed by atoms with Crippen LogP contribution in [0.5, 0.6) is 5.75 Å². The highest BCUT2D eigenvalue weighted by atomic mass is 16.3. The number of para-hydroxylation sites is 1. The smallest absolute Gasteiger partial charge is 0.119 e. The van der Waals surface area contributed by atoms with Crippen molar-refractivity contribution >= 4 is 0 Å². The lowest BCUT2D eigenvalue weighted by Gasteiger charge is -2.44. The summed E-state index contributed by atoms with van der Waals surface area (Å²) in [4.78, 5) is 0. The van der Waals surface area contributed by atoms with Crippen molar-refractivity contribution in [2.45, 2.75) is 30.7 Å². The van der Waals surface area contributed by atoms with Crippen LogP contribution in [-0.2, 0) is 5.41 Å². The Morgan fingerprint density at radius 2 is 2.06 bits per heavy atom. The van der Waals surface area contributed by atoms with Crippen molar-refractivity contribution in [2.24, 2.45) is 0 Å². The molecule has 92 valence electrons. The average molecular weight is 232 g/mol. The summed E-state index contributed by atoms with van der Waals surface area (Å²) in [6.45, 7) is 3.16. The molecule has 1 saturated heterocycles. The lowest BCUT2D eigenvalue weighted by molar-refractivity contribution is 0.207. The van der Waals surface area contributed by atoms with Gasteiger partial charge < -0.3 is 15.7 Å². The molecule has 2 fully saturated rings. The number of phenols is 1. The molecular weight excluding hydrogens is 212 g/mol. The number of aromatic hydroxyl groups is 1. The minimum atomic E-state index is 0.181. The van der Waals surface area contributed by atoms with Gasteiger partial charge in [0.1, 0.15) is 5.75 Å². The number of hydrogen-bond acceptors (Lipinski definition) is 3. The molecule has 0 unspecified atom stereocenters. The predicted octanol–water partition coefficient (Wildman–Crippen LogP) is 1.38. The van der Waals surface area contributed by atoms with Gasteiger partial charge in [-0.2, -0.15) is 0 Å². The Morgan fingerprint density at radius 3 is 2.59 bits per heavy atom. The predicted molar refractivity (Wildman–Crippen MR) is 68.3 cm³/mol. The average Bonchev–Trinajstić information content (AvgIpc) is 2.21. The third-order valence-electron chi connectivity index (χ3n) is 4.30. The lowest BCUT2D eigenvalue weighted by Crippen LogP contribution is -2.58. The van der Waals surface area contributed by atoms with E-state index in [1.54, 1.807) is 6.07 Å². The van der Waals surface area contributed by atoms with E-state index in [1.165, 1.54) is 19.3 Å². The van der Waals surface area contributed by atoms with Gasteiger partial charge in [0.15, 0.2) is 0 Å². The molecule has 0 radical (unpaired) electrons. The molecule has 1 aliphatic carbocycles. The molecule has 0 atom stereocenters. The Kier molecular flexibility index (Phi) is 2.81. The maximum absolute atomic E-state index is 10.0. The van der Waals surface area contributed by atoms with E-state index in [1.807, 2.05) is 12.1 Å². The van der Waals surface area contributed by atoms with Gasteiger partial charge in [0.25, 0.3) is 0 Å². The third kappa shape index (κ3) is 1.94. The SMILES string of the molecule is Oc1ccccc1C1(CNC2CNC2)CCC1. The van der Waals surface area contributed by atoms with Crippen LogP contribution < -0.4 is 10.6 Å². The van der Waals surface area contributed by atoms with Crippen molar-refractivity contribution in [3.8, 4) is 5.75 Å². The quantitative estimate of drug-likeness (QED) is 0.735. The molecule has 1 heterocycles. The number of benzene rings is 1. The molecule has 3 nitrogen and oxygen atoms in total. The molecule has 17 heavy (non-hydrogen) atoms. The first-order valence-electron chi connectivity index (χ1n) is 6.53. The number of rotatable bonds is 4. The summed E-state index contributed by atoms with van der Waals surface area (Å²) in [7, 11) is 0. The minimum Gasteiger partial charge on any atom is -0.508 e. The molecule has 1 saturated carbocycles. The number of phenolic OH excluding ortho intramolecular Hbond substituents is 1. The van der Waals surface area contributed by atoms with Crippen LogP contribution in [0, 0.1) is 0 Å². The molecule has 3 heteroatoms. The van der Waals surface area contributed by atoms with Gasteiger partial charge in [-0.15, -0.1) is 0 Å². The molecule has 0 amide bonds. The van der Waals surface area contributed by atoms with Crippen LogP contribution in [0.25, 0.3) is 0 Å². The highest BCUT2D eigenvalue weighted by Crippen LogP contribution is 2.46. The van der Waals surface area contributed by atoms with Crippen molar-refractivity contribution in [1.29, 1.82) is 0 Å². The van der Waals surface area contributed by atoms with Crippen LogP contribution >= 0.6 is 0 Å². The van der Waals surface area contributed by atoms with Crippen molar-refractivity contribution in [1.82, 2.24) is 10.6 Å². The van der Waals surface area contributed by atoms with Crippen LogP contribution in [0.3, 0.4) is 0 Å². The van der Waals surface area contributed by atoms with Gasteiger partial charge in [0.2, 0.25) is 0 Å². The molecule has 3 rings (SSSR count). The van der Waals surface area contributed by atoms with Crippen molar-refractivity contribution < 1.29 is 5.11 Å². The summed E-state index contributed by atoms with van der Waals surface area (Å²) in [5, 5.41) is 16.9. The van der Waals surface area contributed by atoms with E-state index in [0.717, 1.165) is 25.2 Å². The zero-order valence-electron chi connectivity index (χ0n) is 10.1. The van der Waals surface area contributed by atoms with E-state index in [2.05, 4.69) is 16.7 Å². The summed E-state index contributed by atoms with van der Waals surface area (Å²) in [6.07, 6.45) is 3.66. The second-order valence-corrected chi connectivity index (χ2v) is 5.39. The van der Waals surface area contributed by atoms with E-state index in [9.17, 15) is 5.11 Å². The van der Waals surface area contributed by atoms with E-state index in [0.29, 0.717) is 11.8 Å². The highest BCUT2D eigenvalue weighted by molar-refractivity contribution is 5.40. The molecular formula is C14H20N2O. The van der Waals surface area contributed by atoms with Crippen molar-refractivity contribution in [3.05, 3.63) is 29.8 Å². The van der Waals surface area contributed by atoms with Crippen LogP contribution in [0.4, 0.5) is 0 Å². The zero-order chi connectivity index (χ0) is 11.7. The van der Waals surface area contributed by atoms with E-state index < -0.39 is 0 Å². The highest BCUT2D eigenvalue weighted by Gasteiger charge is 2.40. The molecule has 1 aliphatic heterocycles. The van der Waals surface area contributed by atoms with E-state index in [-0.39, 0.29) is 5.41 Å².